The summed E-state index contributed by atoms with van der Waals surface area (Å²) in [5.41, 5.74) is 1.35. The lowest BCUT2D eigenvalue weighted by Crippen LogP contribution is -2.19. The number of nitrogens with one attached hydrogen (secondary N) is 2. The molecule has 0 heterocycles. The largest absolute Gasteiger partial charge is 0.493 e. The number of anilines is 2. The molecule has 0 atom stereocenters. The maximum absolute atomic E-state index is 11.8. The number of hydrogen-bond donors (Lipinski definition) is 2. The van der Waals surface area contributed by atoms with Crippen molar-refractivity contribution in [2.24, 2.45) is 0 Å². The van der Waals surface area contributed by atoms with Crippen molar-refractivity contribution in [2.75, 3.05) is 24.9 Å². The van der Waals surface area contributed by atoms with Gasteiger partial charge >= 0.3 is 6.03 Å². The summed E-state index contributed by atoms with van der Waals surface area (Å²) in [7, 11) is 3.11. The summed E-state index contributed by atoms with van der Waals surface area (Å²) in [5, 5.41) is 5.47. The third-order valence-electron chi connectivity index (χ3n) is 2.67. The van der Waals surface area contributed by atoms with Gasteiger partial charge in [-0.2, -0.15) is 0 Å². The Morgan fingerprint density at radius 2 is 1.50 bits per heavy atom. The molecule has 104 valence electrons. The molecule has 5 heteroatoms. The molecule has 2 rings (SSSR count). The number of amides is 2. The van der Waals surface area contributed by atoms with E-state index in [1.54, 1.807) is 32.4 Å². The minimum absolute atomic E-state index is 0.316. The fraction of sp³-hybridized carbons (Fsp3) is 0.133. The highest BCUT2D eigenvalue weighted by Gasteiger charge is 2.07. The molecular weight excluding hydrogens is 256 g/mol. The standard InChI is InChI=1S/C15H16N2O3/c1-19-13-9-8-12(10-14(13)20-2)17-15(18)16-11-6-4-3-5-7-11/h3-10H,1-2H3,(H2,16,17,18). The van der Waals surface area contributed by atoms with Crippen LogP contribution < -0.4 is 20.1 Å². The molecule has 0 aliphatic rings. The maximum Gasteiger partial charge on any atom is 0.323 e. The molecule has 2 aromatic rings. The number of carbonyl (C=O) groups excluding carboxylic acids is 1. The summed E-state index contributed by atoms with van der Waals surface area (Å²) in [5.74, 6) is 1.17. The molecule has 0 radical (unpaired) electrons. The molecule has 0 aliphatic heterocycles. The number of carbonyl (C=O) groups is 1. The van der Waals surface area contributed by atoms with E-state index in [2.05, 4.69) is 10.6 Å². The average molecular weight is 272 g/mol. The van der Waals surface area contributed by atoms with E-state index in [0.717, 1.165) is 5.69 Å². The monoisotopic (exact) mass is 272 g/mol. The topological polar surface area (TPSA) is 59.6 Å². The molecule has 0 spiro atoms. The fourth-order valence-electron chi connectivity index (χ4n) is 1.73. The van der Waals surface area contributed by atoms with Crippen LogP contribution in [-0.2, 0) is 0 Å². The number of rotatable bonds is 4. The van der Waals surface area contributed by atoms with Crippen LogP contribution in [0.15, 0.2) is 48.5 Å². The van der Waals surface area contributed by atoms with Crippen molar-refractivity contribution < 1.29 is 14.3 Å². The second-order valence-electron chi connectivity index (χ2n) is 4.01. The molecule has 2 aromatic carbocycles. The first-order chi connectivity index (χ1) is 9.72. The highest BCUT2D eigenvalue weighted by Crippen LogP contribution is 2.29. The zero-order valence-corrected chi connectivity index (χ0v) is 11.3. The molecule has 0 saturated heterocycles. The molecule has 20 heavy (non-hydrogen) atoms. The van der Waals surface area contributed by atoms with E-state index in [0.29, 0.717) is 17.2 Å². The Labute approximate surface area is 117 Å². The van der Waals surface area contributed by atoms with Crippen molar-refractivity contribution in [3.63, 3.8) is 0 Å². The summed E-state index contributed by atoms with van der Waals surface area (Å²) in [6, 6.07) is 14.1. The van der Waals surface area contributed by atoms with Crippen LogP contribution in [0.2, 0.25) is 0 Å². The average Bonchev–Trinajstić information content (AvgIpc) is 2.48. The summed E-state index contributed by atoms with van der Waals surface area (Å²) < 4.78 is 10.3. The van der Waals surface area contributed by atoms with Crippen LogP contribution in [-0.4, -0.2) is 20.3 Å². The first-order valence-electron chi connectivity index (χ1n) is 6.08. The van der Waals surface area contributed by atoms with Gasteiger partial charge in [0, 0.05) is 17.4 Å². The zero-order chi connectivity index (χ0) is 14.4. The lowest BCUT2D eigenvalue weighted by atomic mass is 10.2. The summed E-state index contributed by atoms with van der Waals surface area (Å²) >= 11 is 0. The van der Waals surface area contributed by atoms with Gasteiger partial charge in [0.1, 0.15) is 0 Å². The van der Waals surface area contributed by atoms with Gasteiger partial charge in [-0.05, 0) is 24.3 Å². The minimum atomic E-state index is -0.316. The normalized spacial score (nSPS) is 9.70. The first kappa shape index (κ1) is 13.7. The predicted molar refractivity (Wildman–Crippen MR) is 78.6 cm³/mol. The Hall–Kier alpha value is -2.69. The van der Waals surface area contributed by atoms with E-state index in [-0.39, 0.29) is 6.03 Å². The van der Waals surface area contributed by atoms with Crippen molar-refractivity contribution in [3.05, 3.63) is 48.5 Å². The van der Waals surface area contributed by atoms with Crippen LogP contribution in [0.3, 0.4) is 0 Å². The van der Waals surface area contributed by atoms with Gasteiger partial charge in [-0.3, -0.25) is 0 Å². The van der Waals surface area contributed by atoms with Gasteiger partial charge in [0.25, 0.3) is 0 Å². The number of urea groups is 1. The molecular formula is C15H16N2O3. The van der Waals surface area contributed by atoms with Crippen LogP contribution in [0, 0.1) is 0 Å². The lowest BCUT2D eigenvalue weighted by Gasteiger charge is -2.11. The van der Waals surface area contributed by atoms with Crippen LogP contribution >= 0.6 is 0 Å². The summed E-state index contributed by atoms with van der Waals surface area (Å²) in [6.07, 6.45) is 0. The second kappa shape index (κ2) is 6.47. The van der Waals surface area contributed by atoms with Crippen LogP contribution in [0.5, 0.6) is 11.5 Å². The number of ether oxygens (including phenoxy) is 2. The molecule has 2 amide bonds. The van der Waals surface area contributed by atoms with Crippen molar-refractivity contribution in [1.82, 2.24) is 0 Å². The van der Waals surface area contributed by atoms with Crippen LogP contribution in [0.4, 0.5) is 16.2 Å². The Bertz CT molecular complexity index is 585. The Kier molecular flexibility index (Phi) is 4.44. The number of benzene rings is 2. The van der Waals surface area contributed by atoms with E-state index < -0.39 is 0 Å². The number of methoxy groups -OCH3 is 2. The highest BCUT2D eigenvalue weighted by molar-refractivity contribution is 5.99. The van der Waals surface area contributed by atoms with Gasteiger partial charge in [0.2, 0.25) is 0 Å². The van der Waals surface area contributed by atoms with Crippen LogP contribution in [0.1, 0.15) is 0 Å². The minimum Gasteiger partial charge on any atom is -0.493 e. The third-order valence-corrected chi connectivity index (χ3v) is 2.67. The van der Waals surface area contributed by atoms with Crippen LogP contribution in [0.25, 0.3) is 0 Å². The third kappa shape index (κ3) is 3.41. The van der Waals surface area contributed by atoms with Gasteiger partial charge in [-0.1, -0.05) is 18.2 Å². The summed E-state index contributed by atoms with van der Waals surface area (Å²) in [4.78, 5) is 11.8. The number of para-hydroxylation sites is 1. The van der Waals surface area contributed by atoms with Gasteiger partial charge in [0.15, 0.2) is 11.5 Å². The molecule has 0 bridgehead atoms. The lowest BCUT2D eigenvalue weighted by molar-refractivity contribution is 0.262. The first-order valence-corrected chi connectivity index (χ1v) is 6.08. The molecule has 0 fully saturated rings. The Balaban J connectivity index is 2.04. The fourth-order valence-corrected chi connectivity index (χ4v) is 1.73. The van der Waals surface area contributed by atoms with Gasteiger partial charge in [-0.15, -0.1) is 0 Å². The Morgan fingerprint density at radius 1 is 0.850 bits per heavy atom. The SMILES string of the molecule is COc1ccc(NC(=O)Nc2ccccc2)cc1OC. The second-order valence-corrected chi connectivity index (χ2v) is 4.01. The van der Waals surface area contributed by atoms with Crippen molar-refractivity contribution >= 4 is 17.4 Å². The van der Waals surface area contributed by atoms with Crippen molar-refractivity contribution in [3.8, 4) is 11.5 Å². The van der Waals surface area contributed by atoms with Crippen molar-refractivity contribution in [2.45, 2.75) is 0 Å². The highest BCUT2D eigenvalue weighted by atomic mass is 16.5. The molecule has 0 unspecified atom stereocenters. The zero-order valence-electron chi connectivity index (χ0n) is 11.3. The smallest absolute Gasteiger partial charge is 0.323 e. The predicted octanol–water partition coefficient (Wildman–Crippen LogP) is 3.35. The van der Waals surface area contributed by atoms with Gasteiger partial charge in [-0.25, -0.2) is 4.79 Å². The van der Waals surface area contributed by atoms with E-state index in [9.17, 15) is 4.79 Å². The van der Waals surface area contributed by atoms with E-state index in [4.69, 9.17) is 9.47 Å². The van der Waals surface area contributed by atoms with E-state index >= 15 is 0 Å². The molecule has 2 N–H and O–H groups in total. The molecule has 0 saturated carbocycles. The molecule has 5 nitrogen and oxygen atoms in total. The quantitative estimate of drug-likeness (QED) is 0.897. The Morgan fingerprint density at radius 3 is 2.15 bits per heavy atom. The molecule has 0 aliphatic carbocycles. The van der Waals surface area contributed by atoms with E-state index in [1.165, 1.54) is 0 Å². The van der Waals surface area contributed by atoms with Gasteiger partial charge in [0.05, 0.1) is 14.2 Å². The van der Waals surface area contributed by atoms with Crippen molar-refractivity contribution in [1.29, 1.82) is 0 Å². The summed E-state index contributed by atoms with van der Waals surface area (Å²) in [6.45, 7) is 0. The molecule has 0 aromatic heterocycles. The van der Waals surface area contributed by atoms with Gasteiger partial charge < -0.3 is 20.1 Å². The maximum atomic E-state index is 11.8. The number of hydrogen-bond acceptors (Lipinski definition) is 3. The van der Waals surface area contributed by atoms with E-state index in [1.807, 2.05) is 30.3 Å².